The van der Waals surface area contributed by atoms with E-state index in [1.807, 2.05) is 45.9 Å². The van der Waals surface area contributed by atoms with Gasteiger partial charge in [0.15, 0.2) is 5.84 Å². The van der Waals surface area contributed by atoms with Crippen LogP contribution < -0.4 is 10.5 Å². The summed E-state index contributed by atoms with van der Waals surface area (Å²) in [5.41, 5.74) is 16.6. The normalized spacial score (nSPS) is 13.7. The van der Waals surface area contributed by atoms with Crippen molar-refractivity contribution in [2.45, 2.75) is 65.9 Å². The van der Waals surface area contributed by atoms with Gasteiger partial charge < -0.3 is 15.6 Å². The van der Waals surface area contributed by atoms with E-state index in [2.05, 4.69) is 48.4 Å². The summed E-state index contributed by atoms with van der Waals surface area (Å²) in [4.78, 5) is 0. The van der Waals surface area contributed by atoms with Gasteiger partial charge in [-0.3, -0.25) is 0 Å². The van der Waals surface area contributed by atoms with E-state index in [0.717, 1.165) is 29.7 Å². The van der Waals surface area contributed by atoms with Gasteiger partial charge in [-0.05, 0) is 47.9 Å². The molecule has 2 aromatic carbocycles. The molecule has 0 amide bonds. The van der Waals surface area contributed by atoms with Crippen LogP contribution in [0.3, 0.4) is 0 Å². The third-order valence-electron chi connectivity index (χ3n) is 6.22. The van der Waals surface area contributed by atoms with Crippen molar-refractivity contribution < 1.29 is 9.84 Å². The molecule has 0 bridgehead atoms. The number of aliphatic hydroxyl groups excluding tert-OH is 1. The van der Waals surface area contributed by atoms with Gasteiger partial charge >= 0.3 is 0 Å². The van der Waals surface area contributed by atoms with E-state index in [9.17, 15) is 5.11 Å². The van der Waals surface area contributed by atoms with Gasteiger partial charge in [0.05, 0.1) is 6.10 Å². The van der Waals surface area contributed by atoms with Gasteiger partial charge in [-0.1, -0.05) is 76.2 Å². The highest BCUT2D eigenvalue weighted by atomic mass is 16.5. The minimum atomic E-state index is -0.533. The molecule has 0 aliphatic rings. The van der Waals surface area contributed by atoms with Crippen LogP contribution in [-0.2, 0) is 5.41 Å². The Labute approximate surface area is 186 Å². The van der Waals surface area contributed by atoms with Crippen LogP contribution in [0.15, 0.2) is 52.8 Å². The number of hydrogen-bond donors (Lipinski definition) is 3. The van der Waals surface area contributed by atoms with E-state index in [-0.39, 0.29) is 23.3 Å². The van der Waals surface area contributed by atoms with Crippen LogP contribution in [0.25, 0.3) is 0 Å². The molecule has 0 heterocycles. The minimum Gasteiger partial charge on any atom is -0.491 e. The first-order chi connectivity index (χ1) is 14.6. The standard InChI is InChI=1S/C25H36N4O2/c1-7-25(8-2,19-11-9-18(10-12-19)23(26)28-29-27)20-13-14-21(17(3)15-20)31-16-22(30)24(4,5)6/h9-15,22,30H,7-8,16H2,1-6H3,(H3,26,27,28). The molecule has 0 spiro atoms. The monoisotopic (exact) mass is 424 g/mol. The molecule has 0 aromatic heterocycles. The molecule has 1 atom stereocenters. The highest BCUT2D eigenvalue weighted by molar-refractivity contribution is 5.97. The molecular weight excluding hydrogens is 388 g/mol. The zero-order valence-corrected chi connectivity index (χ0v) is 19.6. The van der Waals surface area contributed by atoms with E-state index in [0.29, 0.717) is 0 Å². The van der Waals surface area contributed by atoms with E-state index < -0.39 is 6.10 Å². The largest absolute Gasteiger partial charge is 0.491 e. The van der Waals surface area contributed by atoms with Crippen molar-refractivity contribution in [1.82, 2.24) is 0 Å². The van der Waals surface area contributed by atoms with Crippen LogP contribution in [0.2, 0.25) is 0 Å². The number of amidine groups is 1. The smallest absolute Gasteiger partial charge is 0.155 e. The Hall–Kier alpha value is -2.73. The van der Waals surface area contributed by atoms with Gasteiger partial charge in [0.1, 0.15) is 12.4 Å². The van der Waals surface area contributed by atoms with Crippen LogP contribution in [0.5, 0.6) is 5.75 Å². The van der Waals surface area contributed by atoms with E-state index in [1.165, 1.54) is 11.1 Å². The summed E-state index contributed by atoms with van der Waals surface area (Å²) in [6.45, 7) is 12.7. The predicted octanol–water partition coefficient (Wildman–Crippen LogP) is 5.54. The summed E-state index contributed by atoms with van der Waals surface area (Å²) < 4.78 is 5.93. The van der Waals surface area contributed by atoms with Crippen LogP contribution in [0, 0.1) is 17.9 Å². The first-order valence-electron chi connectivity index (χ1n) is 10.8. The van der Waals surface area contributed by atoms with Gasteiger partial charge in [-0.15, -0.1) is 5.10 Å². The van der Waals surface area contributed by atoms with Crippen LogP contribution >= 0.6 is 0 Å². The van der Waals surface area contributed by atoms with Crippen molar-refractivity contribution in [3.05, 3.63) is 64.7 Å². The number of benzene rings is 2. The van der Waals surface area contributed by atoms with Crippen molar-refractivity contribution >= 4 is 5.84 Å². The van der Waals surface area contributed by atoms with Crippen molar-refractivity contribution in [3.8, 4) is 5.75 Å². The number of nitrogens with two attached hydrogens (primary N) is 1. The first-order valence-corrected chi connectivity index (χ1v) is 10.8. The van der Waals surface area contributed by atoms with Crippen molar-refractivity contribution in [2.24, 2.45) is 21.5 Å². The summed E-state index contributed by atoms with van der Waals surface area (Å²) in [5, 5.41) is 16.9. The molecule has 6 heteroatoms. The van der Waals surface area contributed by atoms with Gasteiger partial charge in [-0.25, -0.2) is 0 Å². The highest BCUT2D eigenvalue weighted by Crippen LogP contribution is 2.40. The van der Waals surface area contributed by atoms with E-state index in [4.69, 9.17) is 16.0 Å². The summed E-state index contributed by atoms with van der Waals surface area (Å²) in [6.07, 6.45) is 1.35. The molecular formula is C25H36N4O2. The van der Waals surface area contributed by atoms with E-state index in [1.54, 1.807) is 0 Å². The lowest BCUT2D eigenvalue weighted by Gasteiger charge is -2.34. The minimum absolute atomic E-state index is 0.140. The number of aryl methyl sites for hydroxylation is 1. The van der Waals surface area contributed by atoms with Crippen molar-refractivity contribution in [1.29, 1.82) is 5.53 Å². The van der Waals surface area contributed by atoms with Crippen LogP contribution in [0.4, 0.5) is 0 Å². The second-order valence-electron chi connectivity index (χ2n) is 9.12. The Morgan fingerprint density at radius 1 is 1.06 bits per heavy atom. The fourth-order valence-corrected chi connectivity index (χ4v) is 3.83. The first kappa shape index (κ1) is 24.5. The molecule has 6 nitrogen and oxygen atoms in total. The molecule has 4 N–H and O–H groups in total. The second kappa shape index (κ2) is 10.1. The molecule has 0 saturated carbocycles. The SMILES string of the molecule is CCC(CC)(c1ccc(/C(N)=N/N=N)cc1)c1ccc(OCC(O)C(C)(C)C)c(C)c1. The lowest BCUT2D eigenvalue weighted by atomic mass is 9.70. The number of nitrogens with zero attached hydrogens (tertiary/aromatic N) is 2. The summed E-state index contributed by atoms with van der Waals surface area (Å²) in [7, 11) is 0. The third kappa shape index (κ3) is 5.50. The predicted molar refractivity (Wildman–Crippen MR) is 126 cm³/mol. The molecule has 0 fully saturated rings. The number of nitrogens with one attached hydrogen (secondary N) is 1. The fraction of sp³-hybridized carbons (Fsp3) is 0.480. The molecule has 0 saturated heterocycles. The second-order valence-corrected chi connectivity index (χ2v) is 9.12. The summed E-state index contributed by atoms with van der Waals surface area (Å²) in [5.74, 6) is 1.03. The Morgan fingerprint density at radius 2 is 1.65 bits per heavy atom. The number of hydrogen-bond acceptors (Lipinski definition) is 4. The maximum Gasteiger partial charge on any atom is 0.155 e. The van der Waals surface area contributed by atoms with Crippen molar-refractivity contribution in [2.75, 3.05) is 6.61 Å². The van der Waals surface area contributed by atoms with Crippen molar-refractivity contribution in [3.63, 3.8) is 0 Å². The molecule has 0 aliphatic heterocycles. The van der Waals surface area contributed by atoms with Gasteiger partial charge in [-0.2, -0.15) is 5.53 Å². The van der Waals surface area contributed by atoms with Crippen LogP contribution in [-0.4, -0.2) is 23.7 Å². The highest BCUT2D eigenvalue weighted by Gasteiger charge is 2.31. The average molecular weight is 425 g/mol. The average Bonchev–Trinajstić information content (AvgIpc) is 2.74. The third-order valence-corrected chi connectivity index (χ3v) is 6.22. The summed E-state index contributed by atoms with van der Waals surface area (Å²) >= 11 is 0. The Kier molecular flexibility index (Phi) is 7.96. The Balaban J connectivity index is 2.35. The number of aliphatic hydroxyl groups is 1. The Morgan fingerprint density at radius 3 is 2.13 bits per heavy atom. The maximum atomic E-state index is 10.3. The molecule has 2 aromatic rings. The number of rotatable bonds is 9. The van der Waals surface area contributed by atoms with Gasteiger partial charge in [0.25, 0.3) is 0 Å². The lowest BCUT2D eigenvalue weighted by Crippen LogP contribution is -2.32. The zero-order chi connectivity index (χ0) is 23.2. The lowest BCUT2D eigenvalue weighted by molar-refractivity contribution is 0.0216. The molecule has 0 radical (unpaired) electrons. The molecule has 31 heavy (non-hydrogen) atoms. The molecule has 168 valence electrons. The quantitative estimate of drug-likeness (QED) is 0.213. The maximum absolute atomic E-state index is 10.3. The van der Waals surface area contributed by atoms with E-state index >= 15 is 0 Å². The topological polar surface area (TPSA) is 104 Å². The van der Waals surface area contributed by atoms with Crippen LogP contribution in [0.1, 0.15) is 69.7 Å². The van der Waals surface area contributed by atoms with Gasteiger partial charge in [0.2, 0.25) is 0 Å². The fourth-order valence-electron chi connectivity index (χ4n) is 3.83. The summed E-state index contributed by atoms with van der Waals surface area (Å²) in [6, 6.07) is 14.3. The molecule has 0 aliphatic carbocycles. The zero-order valence-electron chi connectivity index (χ0n) is 19.6. The Bertz CT molecular complexity index is 910. The van der Waals surface area contributed by atoms with Gasteiger partial charge in [0, 0.05) is 11.0 Å². The molecule has 2 rings (SSSR count). The molecule has 1 unspecified atom stereocenters. The number of ether oxygens (including phenoxy) is 1.